The van der Waals surface area contributed by atoms with Crippen molar-refractivity contribution in [2.24, 2.45) is 0 Å². The second kappa shape index (κ2) is 12.5. The molecule has 0 unspecified atom stereocenters. The molecular weight excluding hydrogens is 608 g/mol. The fourth-order valence-electron chi connectivity index (χ4n) is 4.77. The smallest absolute Gasteiger partial charge is 0.422 e. The molecule has 0 spiro atoms. The summed E-state index contributed by atoms with van der Waals surface area (Å²) in [7, 11) is 0. The van der Waals surface area contributed by atoms with Gasteiger partial charge in [0.25, 0.3) is 11.8 Å². The van der Waals surface area contributed by atoms with Crippen LogP contribution in [0.3, 0.4) is 0 Å². The SMILES string of the molecule is O=C(NCc1ccc(F)cc1)c1ccc(-c2ccc3nc(Nc4ccc(C(=O)N5CC(O)C5)cc4OCC(F)(F)F)nn3c2)cc1. The second-order valence-electron chi connectivity index (χ2n) is 10.6. The molecule has 1 fully saturated rings. The quantitative estimate of drug-likeness (QED) is 0.196. The minimum atomic E-state index is -4.61. The van der Waals surface area contributed by atoms with Crippen molar-refractivity contribution in [3.63, 3.8) is 0 Å². The standard InChI is InChI=1S/C32H26F4N6O4/c33-24-9-1-19(2-10-24)14-37-29(44)21-5-3-20(4-6-21)23-8-12-28-39-31(40-42(28)15-23)38-26-11-7-22(30(45)41-16-25(43)17-41)13-27(26)46-18-32(34,35)36/h1-13,15,25,43H,14,16-18H2,(H,37,44)(H,38,40). The van der Waals surface area contributed by atoms with Gasteiger partial charge in [0, 0.05) is 42.5 Å². The highest BCUT2D eigenvalue weighted by Crippen LogP contribution is 2.31. The van der Waals surface area contributed by atoms with E-state index in [0.717, 1.165) is 16.7 Å². The van der Waals surface area contributed by atoms with E-state index in [-0.39, 0.29) is 54.3 Å². The fraction of sp³-hybridized carbons (Fsp3) is 0.188. The number of nitrogens with one attached hydrogen (secondary N) is 2. The molecule has 236 valence electrons. The van der Waals surface area contributed by atoms with Crippen molar-refractivity contribution in [2.75, 3.05) is 25.0 Å². The van der Waals surface area contributed by atoms with Gasteiger partial charge in [-0.3, -0.25) is 9.59 Å². The molecule has 3 N–H and O–H groups in total. The van der Waals surface area contributed by atoms with E-state index >= 15 is 0 Å². The van der Waals surface area contributed by atoms with Crippen molar-refractivity contribution >= 4 is 29.1 Å². The Hall–Kier alpha value is -5.50. The number of amides is 2. The van der Waals surface area contributed by atoms with E-state index in [9.17, 15) is 32.3 Å². The van der Waals surface area contributed by atoms with Crippen molar-refractivity contribution in [2.45, 2.75) is 18.8 Å². The second-order valence-corrected chi connectivity index (χ2v) is 10.6. The first-order valence-electron chi connectivity index (χ1n) is 14.1. The molecule has 2 aromatic heterocycles. The number of nitrogens with zero attached hydrogens (tertiary/aromatic N) is 4. The van der Waals surface area contributed by atoms with Crippen LogP contribution < -0.4 is 15.4 Å². The van der Waals surface area contributed by atoms with E-state index in [2.05, 4.69) is 20.7 Å². The molecule has 0 saturated carbocycles. The van der Waals surface area contributed by atoms with Gasteiger partial charge >= 0.3 is 6.18 Å². The van der Waals surface area contributed by atoms with Crippen LogP contribution in [-0.2, 0) is 6.54 Å². The molecular formula is C32H26F4N6O4. The van der Waals surface area contributed by atoms with Gasteiger partial charge in [-0.1, -0.05) is 24.3 Å². The van der Waals surface area contributed by atoms with Crippen molar-refractivity contribution < 1.29 is 37.0 Å². The van der Waals surface area contributed by atoms with Crippen LogP contribution in [0.1, 0.15) is 26.3 Å². The number of β-amino-alcohol motifs (C(OH)–C–C–N with tert-alkyl or cyclic N) is 1. The normalized spacial score (nSPS) is 13.4. The summed E-state index contributed by atoms with van der Waals surface area (Å²) in [5.41, 5.74) is 3.44. The lowest BCUT2D eigenvalue weighted by Gasteiger charge is -2.36. The third-order valence-electron chi connectivity index (χ3n) is 7.19. The van der Waals surface area contributed by atoms with Gasteiger partial charge < -0.3 is 25.4 Å². The number of carbonyl (C=O) groups is 2. The van der Waals surface area contributed by atoms with Crippen LogP contribution in [0.15, 0.2) is 85.1 Å². The summed E-state index contributed by atoms with van der Waals surface area (Å²) in [4.78, 5) is 31.0. The lowest BCUT2D eigenvalue weighted by atomic mass is 10.1. The summed E-state index contributed by atoms with van der Waals surface area (Å²) in [6, 6.07) is 20.3. The number of carbonyl (C=O) groups excluding carboxylic acids is 2. The van der Waals surface area contributed by atoms with Gasteiger partial charge in [0.2, 0.25) is 5.95 Å². The Balaban J connectivity index is 1.16. The molecule has 14 heteroatoms. The molecule has 3 aromatic carbocycles. The third kappa shape index (κ3) is 7.07. The summed E-state index contributed by atoms with van der Waals surface area (Å²) in [6.07, 6.45) is -3.53. The molecule has 2 amide bonds. The summed E-state index contributed by atoms with van der Waals surface area (Å²) in [6.45, 7) is -1.04. The molecule has 0 radical (unpaired) electrons. The number of alkyl halides is 3. The predicted molar refractivity (Wildman–Crippen MR) is 159 cm³/mol. The number of aliphatic hydroxyl groups is 1. The Kier molecular flexibility index (Phi) is 8.28. The Bertz CT molecular complexity index is 1890. The van der Waals surface area contributed by atoms with Gasteiger partial charge in [0.05, 0.1) is 11.8 Å². The number of rotatable bonds is 9. The van der Waals surface area contributed by atoms with Gasteiger partial charge in [-0.2, -0.15) is 18.2 Å². The average Bonchev–Trinajstić information content (AvgIpc) is 3.43. The molecule has 0 atom stereocenters. The molecule has 5 aromatic rings. The summed E-state index contributed by atoms with van der Waals surface area (Å²) in [5.74, 6) is -1.22. The Morgan fingerprint density at radius 1 is 0.935 bits per heavy atom. The van der Waals surface area contributed by atoms with Gasteiger partial charge in [0.15, 0.2) is 12.3 Å². The summed E-state index contributed by atoms with van der Waals surface area (Å²) >= 11 is 0. The van der Waals surface area contributed by atoms with Crippen LogP contribution in [0.25, 0.3) is 16.8 Å². The zero-order chi connectivity index (χ0) is 32.4. The van der Waals surface area contributed by atoms with Crippen LogP contribution in [-0.4, -0.2) is 68.4 Å². The number of halogens is 4. The Morgan fingerprint density at radius 2 is 1.63 bits per heavy atom. The number of hydrogen-bond donors (Lipinski definition) is 3. The molecule has 0 aliphatic carbocycles. The topological polar surface area (TPSA) is 121 Å². The zero-order valence-electron chi connectivity index (χ0n) is 24.0. The molecule has 0 bridgehead atoms. The van der Waals surface area contributed by atoms with E-state index in [1.165, 1.54) is 39.7 Å². The van der Waals surface area contributed by atoms with Crippen LogP contribution in [0.2, 0.25) is 0 Å². The predicted octanol–water partition coefficient (Wildman–Crippen LogP) is 4.97. The van der Waals surface area contributed by atoms with Crippen molar-refractivity contribution in [3.05, 3.63) is 108 Å². The largest absolute Gasteiger partial charge is 0.482 e. The molecule has 3 heterocycles. The van der Waals surface area contributed by atoms with E-state index < -0.39 is 24.8 Å². The van der Waals surface area contributed by atoms with Gasteiger partial charge in [-0.15, -0.1) is 5.10 Å². The van der Waals surface area contributed by atoms with Crippen molar-refractivity contribution in [1.29, 1.82) is 0 Å². The van der Waals surface area contributed by atoms with E-state index in [4.69, 9.17) is 4.74 Å². The fourth-order valence-corrected chi connectivity index (χ4v) is 4.77. The van der Waals surface area contributed by atoms with Gasteiger partial charge in [-0.25, -0.2) is 8.91 Å². The number of aromatic nitrogens is 3. The highest BCUT2D eigenvalue weighted by atomic mass is 19.4. The maximum absolute atomic E-state index is 13.1. The maximum atomic E-state index is 13.1. The van der Waals surface area contributed by atoms with Crippen LogP contribution in [0, 0.1) is 5.82 Å². The van der Waals surface area contributed by atoms with E-state index in [1.807, 2.05) is 6.07 Å². The van der Waals surface area contributed by atoms with Crippen LogP contribution in [0.4, 0.5) is 29.2 Å². The molecule has 1 aliphatic heterocycles. The number of fused-ring (bicyclic) bond motifs is 1. The number of hydrogen-bond acceptors (Lipinski definition) is 7. The lowest BCUT2D eigenvalue weighted by Crippen LogP contribution is -2.53. The number of pyridine rings is 1. The molecule has 1 aliphatic rings. The van der Waals surface area contributed by atoms with Crippen LogP contribution in [0.5, 0.6) is 5.75 Å². The number of aliphatic hydroxyl groups excluding tert-OH is 1. The summed E-state index contributed by atoms with van der Waals surface area (Å²) < 4.78 is 58.5. The van der Waals surface area contributed by atoms with Crippen molar-refractivity contribution in [3.8, 4) is 16.9 Å². The molecule has 1 saturated heterocycles. The summed E-state index contributed by atoms with van der Waals surface area (Å²) in [5, 5.41) is 19.5. The van der Waals surface area contributed by atoms with Crippen molar-refractivity contribution in [1.82, 2.24) is 24.8 Å². The number of anilines is 2. The minimum Gasteiger partial charge on any atom is -0.482 e. The highest BCUT2D eigenvalue weighted by molar-refractivity contribution is 5.96. The Labute approximate surface area is 259 Å². The average molecular weight is 635 g/mol. The first kappa shape index (κ1) is 30.5. The number of benzene rings is 3. The molecule has 46 heavy (non-hydrogen) atoms. The lowest BCUT2D eigenvalue weighted by molar-refractivity contribution is -0.153. The first-order chi connectivity index (χ1) is 22.0. The third-order valence-corrected chi connectivity index (χ3v) is 7.19. The Morgan fingerprint density at radius 3 is 2.33 bits per heavy atom. The van der Waals surface area contributed by atoms with Gasteiger partial charge in [-0.05, 0) is 65.7 Å². The minimum absolute atomic E-state index is 0.0760. The number of likely N-dealkylation sites (tertiary alicyclic amines) is 1. The van der Waals surface area contributed by atoms with E-state index in [0.29, 0.717) is 11.2 Å². The first-order valence-corrected chi connectivity index (χ1v) is 14.1. The molecule has 6 rings (SSSR count). The van der Waals surface area contributed by atoms with E-state index in [1.54, 1.807) is 48.7 Å². The zero-order valence-corrected chi connectivity index (χ0v) is 24.0. The number of ether oxygens (including phenoxy) is 1. The van der Waals surface area contributed by atoms with Gasteiger partial charge in [0.1, 0.15) is 11.6 Å². The molecule has 10 nitrogen and oxygen atoms in total. The monoisotopic (exact) mass is 634 g/mol. The highest BCUT2D eigenvalue weighted by Gasteiger charge is 2.31. The maximum Gasteiger partial charge on any atom is 0.422 e. The van der Waals surface area contributed by atoms with Crippen LogP contribution >= 0.6 is 0 Å².